The fraction of sp³-hybridized carbons (Fsp3) is 0.857. The highest BCUT2D eigenvalue weighted by Gasteiger charge is 2.46. The molecule has 3 atom stereocenters. The first-order chi connectivity index (χ1) is 11.9. The van der Waals surface area contributed by atoms with Gasteiger partial charge in [0, 0.05) is 17.9 Å². The number of esters is 1. The largest absolute Gasteiger partial charge is 0.466 e. The van der Waals surface area contributed by atoms with Gasteiger partial charge in [-0.1, -0.05) is 48.5 Å². The second kappa shape index (κ2) is 8.13. The van der Waals surface area contributed by atoms with Gasteiger partial charge in [0.1, 0.15) is 0 Å². The Bertz CT molecular complexity index is 568. The van der Waals surface area contributed by atoms with Crippen LogP contribution in [0.4, 0.5) is 0 Å². The van der Waals surface area contributed by atoms with E-state index in [1.165, 1.54) is 7.11 Å². The van der Waals surface area contributed by atoms with Crippen LogP contribution in [0, 0.1) is 5.92 Å². The third-order valence-corrected chi connectivity index (χ3v) is 15.8. The van der Waals surface area contributed by atoms with Crippen LogP contribution in [0.1, 0.15) is 54.9 Å². The summed E-state index contributed by atoms with van der Waals surface area (Å²) >= 11 is 0. The standard InChI is InChI=1S/C21H42O4Si2/c1-15-17(24-26(9,10)20(2,3)4)13-16(19(22)23-8)14-18(15)25-27(11,12)21(5,6)7/h13,15,17-18H,14H2,1-12H3/t15-,17-,18-/m1/s1. The third-order valence-electron chi connectivity index (χ3n) is 6.83. The fourth-order valence-electron chi connectivity index (χ4n) is 2.68. The number of rotatable bonds is 5. The summed E-state index contributed by atoms with van der Waals surface area (Å²) in [4.78, 5) is 12.3. The summed E-state index contributed by atoms with van der Waals surface area (Å²) in [5.74, 6) is -0.0729. The fourth-order valence-corrected chi connectivity index (χ4v) is 5.40. The average molecular weight is 415 g/mol. The van der Waals surface area contributed by atoms with Crippen molar-refractivity contribution in [1.82, 2.24) is 0 Å². The number of hydrogen-bond acceptors (Lipinski definition) is 4. The highest BCUT2D eigenvalue weighted by Crippen LogP contribution is 2.43. The molecule has 0 saturated heterocycles. The maximum Gasteiger partial charge on any atom is 0.333 e. The van der Waals surface area contributed by atoms with Crippen molar-refractivity contribution < 1.29 is 18.4 Å². The quantitative estimate of drug-likeness (QED) is 0.414. The smallest absolute Gasteiger partial charge is 0.333 e. The lowest BCUT2D eigenvalue weighted by atomic mass is 9.86. The van der Waals surface area contributed by atoms with Gasteiger partial charge in [0.25, 0.3) is 0 Å². The van der Waals surface area contributed by atoms with Crippen LogP contribution in [0.5, 0.6) is 0 Å². The van der Waals surface area contributed by atoms with Crippen molar-refractivity contribution in [2.45, 2.75) is 103 Å². The Balaban J connectivity index is 3.21. The zero-order valence-corrected chi connectivity index (χ0v) is 21.6. The van der Waals surface area contributed by atoms with E-state index in [-0.39, 0.29) is 34.2 Å². The Morgan fingerprint density at radius 1 is 0.963 bits per heavy atom. The van der Waals surface area contributed by atoms with Gasteiger partial charge in [-0.15, -0.1) is 0 Å². The lowest BCUT2D eigenvalue weighted by Gasteiger charge is -2.46. The van der Waals surface area contributed by atoms with Gasteiger partial charge < -0.3 is 13.6 Å². The minimum atomic E-state index is -1.97. The second-order valence-corrected chi connectivity index (χ2v) is 20.5. The van der Waals surface area contributed by atoms with E-state index in [9.17, 15) is 4.79 Å². The molecule has 1 aliphatic rings. The molecular formula is C21H42O4Si2. The van der Waals surface area contributed by atoms with Crippen LogP contribution in [0.25, 0.3) is 0 Å². The topological polar surface area (TPSA) is 44.8 Å². The van der Waals surface area contributed by atoms with E-state index < -0.39 is 16.6 Å². The van der Waals surface area contributed by atoms with Crippen LogP contribution < -0.4 is 0 Å². The first kappa shape index (κ1) is 24.6. The summed E-state index contributed by atoms with van der Waals surface area (Å²) in [5.41, 5.74) is 0.683. The number of hydrogen-bond donors (Lipinski definition) is 0. The molecule has 0 N–H and O–H groups in total. The normalized spacial score (nSPS) is 25.2. The predicted molar refractivity (Wildman–Crippen MR) is 118 cm³/mol. The molecule has 0 unspecified atom stereocenters. The minimum absolute atomic E-state index is 0.0280. The Kier molecular flexibility index (Phi) is 7.41. The van der Waals surface area contributed by atoms with Crippen molar-refractivity contribution >= 4 is 22.6 Å². The Hall–Kier alpha value is -0.436. The Morgan fingerprint density at radius 2 is 1.41 bits per heavy atom. The van der Waals surface area contributed by atoms with Crippen molar-refractivity contribution in [2.75, 3.05) is 7.11 Å². The summed E-state index contributed by atoms with van der Waals surface area (Å²) in [5, 5.41) is 0.230. The number of ether oxygens (including phenoxy) is 1. The minimum Gasteiger partial charge on any atom is -0.466 e. The van der Waals surface area contributed by atoms with E-state index in [4.69, 9.17) is 13.6 Å². The van der Waals surface area contributed by atoms with Gasteiger partial charge in [0.05, 0.1) is 19.3 Å². The molecule has 0 fully saturated rings. The van der Waals surface area contributed by atoms with Crippen LogP contribution in [0.3, 0.4) is 0 Å². The summed E-state index contributed by atoms with van der Waals surface area (Å²) in [6, 6.07) is 0. The molecule has 158 valence electrons. The molecule has 0 aliphatic heterocycles. The molecule has 6 heteroatoms. The van der Waals surface area contributed by atoms with Crippen LogP contribution in [0.15, 0.2) is 11.6 Å². The lowest BCUT2D eigenvalue weighted by Crippen LogP contribution is -2.51. The molecule has 0 radical (unpaired) electrons. The zero-order chi connectivity index (χ0) is 21.4. The summed E-state index contributed by atoms with van der Waals surface area (Å²) in [6.45, 7) is 24.7. The SMILES string of the molecule is COC(=O)C1=C[C@@H](O[Si](C)(C)C(C)(C)C)[C@@H](C)[C@H](O[Si](C)(C)C(C)(C)C)C1. The molecule has 0 bridgehead atoms. The predicted octanol–water partition coefficient (Wildman–Crippen LogP) is 5.91. The molecule has 27 heavy (non-hydrogen) atoms. The van der Waals surface area contributed by atoms with Gasteiger partial charge in [-0.2, -0.15) is 0 Å². The Morgan fingerprint density at radius 3 is 1.81 bits per heavy atom. The van der Waals surface area contributed by atoms with Crippen molar-refractivity contribution in [3.63, 3.8) is 0 Å². The van der Waals surface area contributed by atoms with Gasteiger partial charge in [0.15, 0.2) is 16.6 Å². The van der Waals surface area contributed by atoms with Crippen molar-refractivity contribution in [2.24, 2.45) is 5.92 Å². The van der Waals surface area contributed by atoms with Gasteiger partial charge in [-0.25, -0.2) is 4.79 Å². The van der Waals surface area contributed by atoms with Crippen molar-refractivity contribution in [3.8, 4) is 0 Å². The van der Waals surface area contributed by atoms with E-state index in [0.29, 0.717) is 12.0 Å². The van der Waals surface area contributed by atoms with E-state index in [2.05, 4.69) is 74.7 Å². The average Bonchev–Trinajstić information content (AvgIpc) is 2.47. The van der Waals surface area contributed by atoms with Gasteiger partial charge in [-0.05, 0) is 42.3 Å². The molecule has 0 heterocycles. The molecule has 1 rings (SSSR count). The highest BCUT2D eigenvalue weighted by molar-refractivity contribution is 6.74. The first-order valence-corrected chi connectivity index (χ1v) is 15.9. The Labute approximate surface area is 169 Å². The third kappa shape index (κ3) is 5.78. The molecule has 0 saturated carbocycles. The zero-order valence-electron chi connectivity index (χ0n) is 19.6. The molecule has 0 aromatic heterocycles. The molecule has 0 spiro atoms. The summed E-state index contributed by atoms with van der Waals surface area (Å²) in [7, 11) is -2.49. The molecule has 0 amide bonds. The maximum atomic E-state index is 12.3. The molecule has 0 aromatic rings. The second-order valence-electron chi connectivity index (χ2n) is 11.0. The molecular weight excluding hydrogens is 372 g/mol. The van der Waals surface area contributed by atoms with E-state index in [1.807, 2.05) is 6.08 Å². The van der Waals surface area contributed by atoms with Crippen LogP contribution >= 0.6 is 0 Å². The molecule has 0 aromatic carbocycles. The van der Waals surface area contributed by atoms with Gasteiger partial charge in [0.2, 0.25) is 0 Å². The number of carbonyl (C=O) groups excluding carboxylic acids is 1. The van der Waals surface area contributed by atoms with Crippen molar-refractivity contribution in [3.05, 3.63) is 11.6 Å². The highest BCUT2D eigenvalue weighted by atomic mass is 28.4. The van der Waals surface area contributed by atoms with E-state index >= 15 is 0 Å². The maximum absolute atomic E-state index is 12.3. The van der Waals surface area contributed by atoms with Gasteiger partial charge >= 0.3 is 5.97 Å². The van der Waals surface area contributed by atoms with Crippen LogP contribution in [-0.2, 0) is 18.4 Å². The molecule has 1 aliphatic carbocycles. The van der Waals surface area contributed by atoms with Crippen LogP contribution in [-0.4, -0.2) is 41.9 Å². The summed E-state index contributed by atoms with van der Waals surface area (Å²) in [6.07, 6.45) is 2.43. The van der Waals surface area contributed by atoms with Gasteiger partial charge in [-0.3, -0.25) is 0 Å². The monoisotopic (exact) mass is 414 g/mol. The number of carbonyl (C=O) groups is 1. The summed E-state index contributed by atoms with van der Waals surface area (Å²) < 4.78 is 18.5. The van der Waals surface area contributed by atoms with Crippen LogP contribution in [0.2, 0.25) is 36.3 Å². The van der Waals surface area contributed by atoms with Crippen molar-refractivity contribution in [1.29, 1.82) is 0 Å². The lowest BCUT2D eigenvalue weighted by molar-refractivity contribution is -0.137. The molecule has 4 nitrogen and oxygen atoms in total. The number of methoxy groups -OCH3 is 1. The van der Waals surface area contributed by atoms with E-state index in [1.54, 1.807) is 0 Å². The van der Waals surface area contributed by atoms with E-state index in [0.717, 1.165) is 0 Å². The first-order valence-electron chi connectivity index (χ1n) is 10.1.